The minimum atomic E-state index is 1.06. The van der Waals surface area contributed by atoms with Crippen molar-refractivity contribution in [3.05, 3.63) is 65.9 Å². The van der Waals surface area contributed by atoms with Gasteiger partial charge in [-0.05, 0) is 36.6 Å². The molecular formula is C18H19N. The summed E-state index contributed by atoms with van der Waals surface area (Å²) in [5, 5.41) is 1.39. The molecule has 1 nitrogen and oxygen atoms in total. The van der Waals surface area contributed by atoms with Crippen molar-refractivity contribution in [1.82, 2.24) is 4.57 Å². The number of benzene rings is 2. The van der Waals surface area contributed by atoms with Crippen LogP contribution in [-0.4, -0.2) is 4.57 Å². The molecule has 0 atom stereocenters. The lowest BCUT2D eigenvalue weighted by Gasteiger charge is -2.10. The second kappa shape index (κ2) is 4.93. The van der Waals surface area contributed by atoms with E-state index >= 15 is 0 Å². The van der Waals surface area contributed by atoms with E-state index in [1.807, 2.05) is 0 Å². The van der Waals surface area contributed by atoms with Crippen molar-refractivity contribution in [2.24, 2.45) is 0 Å². The minimum absolute atomic E-state index is 1.06. The number of aryl methyl sites for hydroxylation is 1. The summed E-state index contributed by atoms with van der Waals surface area (Å²) >= 11 is 0. The van der Waals surface area contributed by atoms with Gasteiger partial charge in [0.2, 0.25) is 0 Å². The van der Waals surface area contributed by atoms with Gasteiger partial charge in [0.25, 0.3) is 0 Å². The second-order valence-electron chi connectivity index (χ2n) is 4.82. The Bertz CT molecular complexity index is 692. The van der Waals surface area contributed by atoms with Gasteiger partial charge in [-0.15, -0.1) is 0 Å². The zero-order valence-corrected chi connectivity index (χ0v) is 11.6. The topological polar surface area (TPSA) is 4.93 Å². The van der Waals surface area contributed by atoms with E-state index in [0.717, 1.165) is 12.8 Å². The molecule has 96 valence electrons. The summed E-state index contributed by atoms with van der Waals surface area (Å²) in [7, 11) is 0. The first-order chi connectivity index (χ1) is 9.36. The first-order valence-corrected chi connectivity index (χ1v) is 7.03. The zero-order chi connectivity index (χ0) is 13.2. The van der Waals surface area contributed by atoms with Gasteiger partial charge in [0.15, 0.2) is 0 Å². The highest BCUT2D eigenvalue weighted by Gasteiger charge is 2.14. The first kappa shape index (κ1) is 12.0. The van der Waals surface area contributed by atoms with Crippen LogP contribution in [0.5, 0.6) is 0 Å². The summed E-state index contributed by atoms with van der Waals surface area (Å²) in [6.45, 7) is 4.49. The average Bonchev–Trinajstić information content (AvgIpc) is 2.81. The van der Waals surface area contributed by atoms with E-state index in [0.29, 0.717) is 0 Å². The normalized spacial score (nSPS) is 11.1. The third-order valence-electron chi connectivity index (χ3n) is 3.79. The van der Waals surface area contributed by atoms with Crippen LogP contribution in [0.4, 0.5) is 0 Å². The van der Waals surface area contributed by atoms with Crippen LogP contribution in [-0.2, 0) is 12.8 Å². The van der Waals surface area contributed by atoms with Gasteiger partial charge in [0.05, 0.1) is 5.52 Å². The summed E-state index contributed by atoms with van der Waals surface area (Å²) in [4.78, 5) is 0. The van der Waals surface area contributed by atoms with Gasteiger partial charge >= 0.3 is 0 Å². The van der Waals surface area contributed by atoms with Crippen LogP contribution in [0.1, 0.15) is 25.1 Å². The molecule has 0 N–H and O–H groups in total. The summed E-state index contributed by atoms with van der Waals surface area (Å²) < 4.78 is 2.41. The maximum Gasteiger partial charge on any atom is 0.0534 e. The zero-order valence-electron chi connectivity index (χ0n) is 11.6. The number of aromatic nitrogens is 1. The third kappa shape index (κ3) is 1.86. The molecule has 0 fully saturated rings. The molecule has 0 unspecified atom stereocenters. The molecule has 0 radical (unpaired) electrons. The summed E-state index contributed by atoms with van der Waals surface area (Å²) in [6, 6.07) is 19.4. The molecule has 0 bridgehead atoms. The van der Waals surface area contributed by atoms with E-state index < -0.39 is 0 Å². The second-order valence-corrected chi connectivity index (χ2v) is 4.82. The van der Waals surface area contributed by atoms with Crippen molar-refractivity contribution < 1.29 is 0 Å². The van der Waals surface area contributed by atoms with Crippen molar-refractivity contribution in [3.63, 3.8) is 0 Å². The van der Waals surface area contributed by atoms with Crippen molar-refractivity contribution in [2.45, 2.75) is 26.7 Å². The van der Waals surface area contributed by atoms with Crippen molar-refractivity contribution in [2.75, 3.05) is 0 Å². The van der Waals surface area contributed by atoms with E-state index in [-0.39, 0.29) is 0 Å². The predicted octanol–water partition coefficient (Wildman–Crippen LogP) is 4.76. The quantitative estimate of drug-likeness (QED) is 0.631. The fourth-order valence-corrected chi connectivity index (χ4v) is 3.00. The summed E-state index contributed by atoms with van der Waals surface area (Å²) in [6.07, 6.45) is 2.15. The van der Waals surface area contributed by atoms with Gasteiger partial charge < -0.3 is 4.57 Å². The monoisotopic (exact) mass is 249 g/mol. The number of nitrogens with zero attached hydrogens (tertiary/aromatic N) is 1. The largest absolute Gasteiger partial charge is 0.313 e. The van der Waals surface area contributed by atoms with Gasteiger partial charge in [-0.3, -0.25) is 0 Å². The van der Waals surface area contributed by atoms with Gasteiger partial charge in [-0.25, -0.2) is 0 Å². The molecule has 0 aliphatic heterocycles. The minimum Gasteiger partial charge on any atom is -0.313 e. The first-order valence-electron chi connectivity index (χ1n) is 7.03. The van der Waals surface area contributed by atoms with Crippen LogP contribution < -0.4 is 0 Å². The molecule has 2 aromatic carbocycles. The van der Waals surface area contributed by atoms with Gasteiger partial charge in [0, 0.05) is 16.8 Å². The SMILES string of the molecule is CCc1c(CC)n(-c2ccccc2)c2ccccc12. The highest BCUT2D eigenvalue weighted by atomic mass is 15.0. The molecule has 1 heteroatoms. The average molecular weight is 249 g/mol. The lowest BCUT2D eigenvalue weighted by Crippen LogP contribution is -2.00. The highest BCUT2D eigenvalue weighted by molar-refractivity contribution is 5.87. The van der Waals surface area contributed by atoms with Crippen molar-refractivity contribution >= 4 is 10.9 Å². The van der Waals surface area contributed by atoms with Gasteiger partial charge in [-0.2, -0.15) is 0 Å². The maximum absolute atomic E-state index is 2.41. The van der Waals surface area contributed by atoms with E-state index in [9.17, 15) is 0 Å². The van der Waals surface area contributed by atoms with Crippen LogP contribution in [0.3, 0.4) is 0 Å². The number of para-hydroxylation sites is 2. The lowest BCUT2D eigenvalue weighted by atomic mass is 10.1. The molecule has 0 saturated carbocycles. The molecule has 1 aromatic heterocycles. The van der Waals surface area contributed by atoms with E-state index in [1.54, 1.807) is 0 Å². The standard InChI is InChI=1S/C18H19N/c1-3-15-16-12-8-9-13-18(16)19(17(15)4-2)14-10-6-5-7-11-14/h5-13H,3-4H2,1-2H3. The maximum atomic E-state index is 2.41. The molecule has 3 rings (SSSR count). The van der Waals surface area contributed by atoms with Crippen molar-refractivity contribution in [3.8, 4) is 5.69 Å². The molecule has 0 aliphatic rings. The van der Waals surface area contributed by atoms with Crippen LogP contribution >= 0.6 is 0 Å². The van der Waals surface area contributed by atoms with Crippen LogP contribution in [0.2, 0.25) is 0 Å². The Labute approximate surface area is 114 Å². The van der Waals surface area contributed by atoms with E-state index in [4.69, 9.17) is 0 Å². The van der Waals surface area contributed by atoms with Crippen LogP contribution in [0.25, 0.3) is 16.6 Å². The number of rotatable bonds is 3. The predicted molar refractivity (Wildman–Crippen MR) is 82.0 cm³/mol. The Morgan fingerprint density at radius 2 is 1.47 bits per heavy atom. The van der Waals surface area contributed by atoms with E-state index in [2.05, 4.69) is 73.0 Å². The molecule has 0 aliphatic carbocycles. The molecule has 0 saturated heterocycles. The third-order valence-corrected chi connectivity index (χ3v) is 3.79. The fourth-order valence-electron chi connectivity index (χ4n) is 3.00. The van der Waals surface area contributed by atoms with Gasteiger partial charge in [-0.1, -0.05) is 50.2 Å². The van der Waals surface area contributed by atoms with Crippen LogP contribution in [0.15, 0.2) is 54.6 Å². The molecule has 1 heterocycles. The Balaban J connectivity index is 2.40. The van der Waals surface area contributed by atoms with Gasteiger partial charge in [0.1, 0.15) is 0 Å². The Morgan fingerprint density at radius 1 is 0.789 bits per heavy atom. The molecule has 0 spiro atoms. The molecular weight excluding hydrogens is 230 g/mol. The Kier molecular flexibility index (Phi) is 3.12. The molecule has 19 heavy (non-hydrogen) atoms. The van der Waals surface area contributed by atoms with E-state index in [1.165, 1.54) is 27.8 Å². The smallest absolute Gasteiger partial charge is 0.0534 e. The Morgan fingerprint density at radius 3 is 2.16 bits per heavy atom. The molecule has 0 amide bonds. The summed E-state index contributed by atoms with van der Waals surface area (Å²) in [5.74, 6) is 0. The van der Waals surface area contributed by atoms with Crippen molar-refractivity contribution in [1.29, 1.82) is 0 Å². The summed E-state index contributed by atoms with van der Waals surface area (Å²) in [5.41, 5.74) is 5.51. The van der Waals surface area contributed by atoms with Crippen LogP contribution in [0, 0.1) is 0 Å². The number of hydrogen-bond acceptors (Lipinski definition) is 0. The highest BCUT2D eigenvalue weighted by Crippen LogP contribution is 2.30. The number of hydrogen-bond donors (Lipinski definition) is 0. The number of fused-ring (bicyclic) bond motifs is 1. The fraction of sp³-hybridized carbons (Fsp3) is 0.222. The molecule has 3 aromatic rings. The Hall–Kier alpha value is -2.02. The lowest BCUT2D eigenvalue weighted by molar-refractivity contribution is 0.927.